The molecule has 1 atom stereocenters. The van der Waals surface area contributed by atoms with E-state index in [1.165, 1.54) is 12.1 Å². The summed E-state index contributed by atoms with van der Waals surface area (Å²) in [5.41, 5.74) is 0.458. The van der Waals surface area contributed by atoms with Gasteiger partial charge in [0.2, 0.25) is 0 Å². The van der Waals surface area contributed by atoms with Gasteiger partial charge >= 0.3 is 0 Å². The zero-order valence-electron chi connectivity index (χ0n) is 12.9. The first-order valence-electron chi connectivity index (χ1n) is 6.91. The third-order valence-electron chi connectivity index (χ3n) is 3.42. The summed E-state index contributed by atoms with van der Waals surface area (Å²) >= 11 is 9.14. The number of nitro benzene ring substituents is 1. The van der Waals surface area contributed by atoms with E-state index in [0.717, 1.165) is 16.1 Å². The largest absolute Gasteiger partial charge is 0.496 e. The monoisotopic (exact) mass is 412 g/mol. The fraction of sp³-hybridized carbons (Fsp3) is 0.188. The maximum atomic E-state index is 12.4. The number of hydrogen-bond acceptors (Lipinski definition) is 4. The van der Waals surface area contributed by atoms with Crippen LogP contribution in [0.5, 0.6) is 5.75 Å². The summed E-state index contributed by atoms with van der Waals surface area (Å²) in [7, 11) is 1.56. The van der Waals surface area contributed by atoms with Crippen molar-refractivity contribution in [2.75, 3.05) is 7.11 Å². The molecule has 0 saturated carbocycles. The number of hydrogen-bond donors (Lipinski definition) is 1. The lowest BCUT2D eigenvalue weighted by Gasteiger charge is -2.16. The second-order valence-corrected chi connectivity index (χ2v) is 6.30. The molecule has 2 aromatic rings. The lowest BCUT2D eigenvalue weighted by atomic mass is 10.1. The molecule has 24 heavy (non-hydrogen) atoms. The van der Waals surface area contributed by atoms with Gasteiger partial charge in [0, 0.05) is 11.1 Å². The topological polar surface area (TPSA) is 81.5 Å². The quantitative estimate of drug-likeness (QED) is 0.577. The highest BCUT2D eigenvalue weighted by molar-refractivity contribution is 9.10. The fourth-order valence-electron chi connectivity index (χ4n) is 2.16. The van der Waals surface area contributed by atoms with E-state index in [4.69, 9.17) is 16.3 Å². The Kier molecular flexibility index (Phi) is 5.80. The van der Waals surface area contributed by atoms with Crippen LogP contribution in [0.4, 0.5) is 5.69 Å². The molecule has 0 aliphatic carbocycles. The molecular weight excluding hydrogens is 400 g/mol. The summed E-state index contributed by atoms with van der Waals surface area (Å²) in [5, 5.41) is 14.0. The van der Waals surface area contributed by atoms with Crippen LogP contribution in [0.3, 0.4) is 0 Å². The van der Waals surface area contributed by atoms with Gasteiger partial charge in [0.1, 0.15) is 11.3 Å². The van der Waals surface area contributed by atoms with Crippen LogP contribution < -0.4 is 10.1 Å². The molecule has 126 valence electrons. The molecule has 0 aliphatic heterocycles. The lowest BCUT2D eigenvalue weighted by Crippen LogP contribution is -2.27. The van der Waals surface area contributed by atoms with Gasteiger partial charge in [-0.3, -0.25) is 14.9 Å². The highest BCUT2D eigenvalue weighted by atomic mass is 79.9. The molecule has 0 radical (unpaired) electrons. The highest BCUT2D eigenvalue weighted by Crippen LogP contribution is 2.29. The van der Waals surface area contributed by atoms with Crippen LogP contribution in [-0.4, -0.2) is 17.9 Å². The van der Waals surface area contributed by atoms with Gasteiger partial charge in [-0.1, -0.05) is 17.7 Å². The zero-order chi connectivity index (χ0) is 17.9. The van der Waals surface area contributed by atoms with Crippen molar-refractivity contribution >= 4 is 39.1 Å². The predicted octanol–water partition coefficient (Wildman–Crippen LogP) is 4.51. The van der Waals surface area contributed by atoms with E-state index >= 15 is 0 Å². The van der Waals surface area contributed by atoms with Crippen molar-refractivity contribution in [2.45, 2.75) is 13.0 Å². The van der Waals surface area contributed by atoms with Gasteiger partial charge in [-0.2, -0.15) is 0 Å². The number of nitrogens with one attached hydrogen (secondary N) is 1. The average Bonchev–Trinajstić information content (AvgIpc) is 2.54. The van der Waals surface area contributed by atoms with E-state index in [1.54, 1.807) is 20.1 Å². The van der Waals surface area contributed by atoms with Crippen molar-refractivity contribution < 1.29 is 14.5 Å². The van der Waals surface area contributed by atoms with Crippen LogP contribution in [0.2, 0.25) is 5.02 Å². The summed E-state index contributed by atoms with van der Waals surface area (Å²) in [4.78, 5) is 22.8. The minimum Gasteiger partial charge on any atom is -0.496 e. The van der Waals surface area contributed by atoms with Crippen LogP contribution >= 0.6 is 27.5 Å². The van der Waals surface area contributed by atoms with Crippen molar-refractivity contribution in [2.24, 2.45) is 0 Å². The van der Waals surface area contributed by atoms with E-state index in [1.807, 2.05) is 12.1 Å². The molecule has 8 heteroatoms. The molecule has 1 unspecified atom stereocenters. The molecule has 0 fully saturated rings. The summed E-state index contributed by atoms with van der Waals surface area (Å²) in [6.45, 7) is 1.79. The number of carbonyl (C=O) groups excluding carboxylic acids is 1. The summed E-state index contributed by atoms with van der Waals surface area (Å²) in [5.74, 6) is 0.128. The van der Waals surface area contributed by atoms with Crippen LogP contribution in [0, 0.1) is 10.1 Å². The highest BCUT2D eigenvalue weighted by Gasteiger charge is 2.22. The lowest BCUT2D eigenvalue weighted by molar-refractivity contribution is -0.385. The zero-order valence-corrected chi connectivity index (χ0v) is 15.2. The Morgan fingerprint density at radius 3 is 2.62 bits per heavy atom. The molecule has 0 aliphatic rings. The Bertz CT molecular complexity index is 798. The molecule has 0 bridgehead atoms. The maximum Gasteiger partial charge on any atom is 0.283 e. The number of nitro groups is 1. The molecule has 0 saturated heterocycles. The minimum atomic E-state index is -0.630. The third-order valence-corrected chi connectivity index (χ3v) is 4.28. The summed E-state index contributed by atoms with van der Waals surface area (Å²) < 4.78 is 5.91. The Labute approximate surface area is 152 Å². The first kappa shape index (κ1) is 18.2. The number of ether oxygens (including phenoxy) is 1. The SMILES string of the molecule is COc1ccc(C(C)NC(=O)c2ccc(Cl)cc2[N+](=O)[O-])cc1Br. The molecular formula is C16H14BrClN2O4. The Morgan fingerprint density at radius 1 is 1.33 bits per heavy atom. The van der Waals surface area contributed by atoms with Crippen LogP contribution in [0.15, 0.2) is 40.9 Å². The molecule has 0 spiro atoms. The normalized spacial score (nSPS) is 11.7. The second-order valence-electron chi connectivity index (χ2n) is 5.01. The first-order valence-corrected chi connectivity index (χ1v) is 8.08. The third kappa shape index (κ3) is 4.04. The number of halogens is 2. The molecule has 6 nitrogen and oxygen atoms in total. The van der Waals surface area contributed by atoms with Crippen molar-refractivity contribution in [3.05, 3.63) is 67.1 Å². The standard InChI is InChI=1S/C16H14BrClN2O4/c1-9(10-3-6-15(24-2)13(17)7-10)19-16(21)12-5-4-11(18)8-14(12)20(22)23/h3-9H,1-2H3,(H,19,21). The van der Waals surface area contributed by atoms with Crippen molar-refractivity contribution in [1.82, 2.24) is 5.32 Å². The number of carbonyl (C=O) groups is 1. The van der Waals surface area contributed by atoms with Gasteiger partial charge in [0.15, 0.2) is 0 Å². The first-order chi connectivity index (χ1) is 11.3. The number of amides is 1. The average molecular weight is 414 g/mol. The summed E-state index contributed by atoms with van der Waals surface area (Å²) in [6.07, 6.45) is 0. The summed E-state index contributed by atoms with van der Waals surface area (Å²) in [6, 6.07) is 8.99. The van der Waals surface area contributed by atoms with Crippen molar-refractivity contribution in [3.63, 3.8) is 0 Å². The van der Waals surface area contributed by atoms with E-state index in [-0.39, 0.29) is 22.3 Å². The molecule has 2 rings (SSSR count). The van der Waals surface area contributed by atoms with E-state index < -0.39 is 10.8 Å². The van der Waals surface area contributed by atoms with Crippen molar-refractivity contribution in [3.8, 4) is 5.75 Å². The van der Waals surface area contributed by atoms with Crippen LogP contribution in [0.1, 0.15) is 28.9 Å². The van der Waals surface area contributed by atoms with Gasteiger partial charge in [-0.25, -0.2) is 0 Å². The number of nitrogens with zero attached hydrogens (tertiary/aromatic N) is 1. The Hall–Kier alpha value is -2.12. The minimum absolute atomic E-state index is 0.0381. The molecule has 1 amide bonds. The molecule has 0 aromatic heterocycles. The van der Waals surface area contributed by atoms with E-state index in [0.29, 0.717) is 5.75 Å². The van der Waals surface area contributed by atoms with Gasteiger partial charge in [-0.05, 0) is 52.7 Å². The van der Waals surface area contributed by atoms with E-state index in [2.05, 4.69) is 21.2 Å². The number of methoxy groups -OCH3 is 1. The fourth-order valence-corrected chi connectivity index (χ4v) is 2.88. The van der Waals surface area contributed by atoms with Gasteiger partial charge in [0.05, 0.1) is 22.5 Å². The van der Waals surface area contributed by atoms with E-state index in [9.17, 15) is 14.9 Å². The molecule has 1 N–H and O–H groups in total. The second kappa shape index (κ2) is 7.63. The maximum absolute atomic E-state index is 12.4. The smallest absolute Gasteiger partial charge is 0.283 e. The molecule has 0 heterocycles. The number of benzene rings is 2. The van der Waals surface area contributed by atoms with Gasteiger partial charge < -0.3 is 10.1 Å². The Morgan fingerprint density at radius 2 is 2.04 bits per heavy atom. The van der Waals surface area contributed by atoms with Gasteiger partial charge in [-0.15, -0.1) is 0 Å². The predicted molar refractivity (Wildman–Crippen MR) is 94.7 cm³/mol. The number of rotatable bonds is 5. The van der Waals surface area contributed by atoms with Gasteiger partial charge in [0.25, 0.3) is 11.6 Å². The van der Waals surface area contributed by atoms with Crippen LogP contribution in [-0.2, 0) is 0 Å². The Balaban J connectivity index is 2.23. The molecule has 2 aromatic carbocycles. The van der Waals surface area contributed by atoms with Crippen LogP contribution in [0.25, 0.3) is 0 Å². The van der Waals surface area contributed by atoms with Crippen molar-refractivity contribution in [1.29, 1.82) is 0 Å².